The topological polar surface area (TPSA) is 59.4 Å². The molecule has 0 amide bonds. The van der Waals surface area contributed by atoms with Crippen LogP contribution < -0.4 is 0 Å². The second-order valence-electron chi connectivity index (χ2n) is 2.19. The number of hydrogen-bond acceptors (Lipinski definition) is 3. The van der Waals surface area contributed by atoms with Gasteiger partial charge in [0.05, 0.1) is 0 Å². The zero-order valence-corrected chi connectivity index (χ0v) is 6.02. The van der Waals surface area contributed by atoms with Crippen LogP contribution in [-0.4, -0.2) is 24.7 Å². The van der Waals surface area contributed by atoms with Gasteiger partial charge in [0.15, 0.2) is 0 Å². The lowest BCUT2D eigenvalue weighted by Gasteiger charge is -1.89. The lowest BCUT2D eigenvalue weighted by Crippen LogP contribution is -1.91. The SMILES string of the molecule is Cc1nc(-n2ccnc2)n[nH]1. The van der Waals surface area contributed by atoms with E-state index < -0.39 is 0 Å². The summed E-state index contributed by atoms with van der Waals surface area (Å²) < 4.78 is 1.74. The molecule has 0 saturated carbocycles. The van der Waals surface area contributed by atoms with Crippen LogP contribution in [0.3, 0.4) is 0 Å². The van der Waals surface area contributed by atoms with Gasteiger partial charge in [-0.2, -0.15) is 4.98 Å². The average Bonchev–Trinajstić information content (AvgIpc) is 2.55. The Bertz CT molecular complexity index is 333. The summed E-state index contributed by atoms with van der Waals surface area (Å²) in [6, 6.07) is 0. The fourth-order valence-electron chi connectivity index (χ4n) is 0.824. The molecule has 56 valence electrons. The number of rotatable bonds is 1. The van der Waals surface area contributed by atoms with Crippen LogP contribution in [0.4, 0.5) is 0 Å². The molecule has 0 aromatic carbocycles. The first-order chi connectivity index (χ1) is 5.36. The molecule has 2 aromatic heterocycles. The molecule has 0 bridgehead atoms. The van der Waals surface area contributed by atoms with Crippen molar-refractivity contribution in [3.8, 4) is 5.95 Å². The summed E-state index contributed by atoms with van der Waals surface area (Å²) >= 11 is 0. The summed E-state index contributed by atoms with van der Waals surface area (Å²) in [5.74, 6) is 1.42. The second-order valence-corrected chi connectivity index (χ2v) is 2.19. The molecule has 0 radical (unpaired) electrons. The van der Waals surface area contributed by atoms with Crippen LogP contribution in [-0.2, 0) is 0 Å². The van der Waals surface area contributed by atoms with Crippen molar-refractivity contribution >= 4 is 0 Å². The zero-order chi connectivity index (χ0) is 7.68. The standard InChI is InChI=1S/C6H7N5/c1-5-8-6(10-9-5)11-3-2-7-4-11/h2-4H,1H3,(H,8,9,10). The third-order valence-electron chi connectivity index (χ3n) is 1.32. The number of aromatic nitrogens is 5. The van der Waals surface area contributed by atoms with Gasteiger partial charge in [0.25, 0.3) is 5.95 Å². The molecular weight excluding hydrogens is 142 g/mol. The van der Waals surface area contributed by atoms with Gasteiger partial charge in [-0.1, -0.05) is 0 Å². The molecule has 2 aromatic rings. The average molecular weight is 149 g/mol. The Morgan fingerprint density at radius 3 is 3.00 bits per heavy atom. The molecule has 5 nitrogen and oxygen atoms in total. The maximum absolute atomic E-state index is 4.11. The third-order valence-corrected chi connectivity index (χ3v) is 1.32. The molecule has 0 fully saturated rings. The minimum absolute atomic E-state index is 0.625. The van der Waals surface area contributed by atoms with Crippen molar-refractivity contribution in [2.45, 2.75) is 6.92 Å². The van der Waals surface area contributed by atoms with Gasteiger partial charge in [-0.05, 0) is 6.92 Å². The predicted octanol–water partition coefficient (Wildman–Crippen LogP) is 0.299. The number of aryl methyl sites for hydroxylation is 1. The van der Waals surface area contributed by atoms with Crippen LogP contribution in [0.1, 0.15) is 5.82 Å². The molecule has 1 N–H and O–H groups in total. The minimum atomic E-state index is 0.625. The first-order valence-electron chi connectivity index (χ1n) is 3.23. The Morgan fingerprint density at radius 1 is 1.55 bits per heavy atom. The number of imidazole rings is 1. The van der Waals surface area contributed by atoms with Crippen molar-refractivity contribution in [1.29, 1.82) is 0 Å². The van der Waals surface area contributed by atoms with Crippen LogP contribution in [0.15, 0.2) is 18.7 Å². The first-order valence-corrected chi connectivity index (χ1v) is 3.23. The lowest BCUT2D eigenvalue weighted by molar-refractivity contribution is 0.931. The van der Waals surface area contributed by atoms with Gasteiger partial charge in [-0.15, -0.1) is 5.10 Å². The lowest BCUT2D eigenvalue weighted by atomic mass is 10.7. The highest BCUT2D eigenvalue weighted by molar-refractivity contribution is 5.08. The van der Waals surface area contributed by atoms with Crippen LogP contribution in [0.25, 0.3) is 5.95 Å². The third kappa shape index (κ3) is 1.000. The first kappa shape index (κ1) is 6.09. The van der Waals surface area contributed by atoms with E-state index in [0.29, 0.717) is 5.95 Å². The zero-order valence-electron chi connectivity index (χ0n) is 6.02. The number of nitrogens with one attached hydrogen (secondary N) is 1. The molecule has 0 saturated heterocycles. The monoisotopic (exact) mass is 149 g/mol. The molecule has 0 spiro atoms. The van der Waals surface area contributed by atoms with Gasteiger partial charge in [0.1, 0.15) is 12.2 Å². The maximum atomic E-state index is 4.11. The fraction of sp³-hybridized carbons (Fsp3) is 0.167. The molecular formula is C6H7N5. The van der Waals surface area contributed by atoms with Crippen molar-refractivity contribution in [2.24, 2.45) is 0 Å². The van der Waals surface area contributed by atoms with Crippen LogP contribution in [0.2, 0.25) is 0 Å². The summed E-state index contributed by atoms with van der Waals surface area (Å²) in [6.45, 7) is 1.85. The quantitative estimate of drug-likeness (QED) is 0.634. The van der Waals surface area contributed by atoms with E-state index in [0.717, 1.165) is 5.82 Å². The highest BCUT2D eigenvalue weighted by Crippen LogP contribution is 1.97. The van der Waals surface area contributed by atoms with Crippen molar-refractivity contribution in [2.75, 3.05) is 0 Å². The van der Waals surface area contributed by atoms with E-state index in [1.807, 2.05) is 6.92 Å². The Balaban J connectivity index is 2.45. The van der Waals surface area contributed by atoms with Crippen molar-refractivity contribution < 1.29 is 0 Å². The summed E-state index contributed by atoms with van der Waals surface area (Å²) in [7, 11) is 0. The van der Waals surface area contributed by atoms with E-state index in [1.54, 1.807) is 23.3 Å². The van der Waals surface area contributed by atoms with Gasteiger partial charge in [-0.3, -0.25) is 9.67 Å². The number of aromatic amines is 1. The van der Waals surface area contributed by atoms with Gasteiger partial charge >= 0.3 is 0 Å². The van der Waals surface area contributed by atoms with Crippen LogP contribution in [0, 0.1) is 6.92 Å². The van der Waals surface area contributed by atoms with Gasteiger partial charge < -0.3 is 0 Å². The van der Waals surface area contributed by atoms with Crippen LogP contribution in [0.5, 0.6) is 0 Å². The fourth-order valence-corrected chi connectivity index (χ4v) is 0.824. The molecule has 0 aliphatic heterocycles. The van der Waals surface area contributed by atoms with Crippen molar-refractivity contribution in [1.82, 2.24) is 24.7 Å². The smallest absolute Gasteiger partial charge is 0.254 e. The van der Waals surface area contributed by atoms with E-state index in [9.17, 15) is 0 Å². The Labute approximate surface area is 63.1 Å². The van der Waals surface area contributed by atoms with Gasteiger partial charge in [-0.25, -0.2) is 4.98 Å². The number of H-pyrrole nitrogens is 1. The highest BCUT2D eigenvalue weighted by atomic mass is 15.3. The van der Waals surface area contributed by atoms with Crippen molar-refractivity contribution in [3.63, 3.8) is 0 Å². The summed E-state index contributed by atoms with van der Waals surface area (Å²) in [4.78, 5) is 7.99. The molecule has 2 rings (SSSR count). The highest BCUT2D eigenvalue weighted by Gasteiger charge is 1.99. The normalized spacial score (nSPS) is 10.3. The molecule has 0 unspecified atom stereocenters. The Hall–Kier alpha value is -1.65. The summed E-state index contributed by atoms with van der Waals surface area (Å²) in [5, 5.41) is 6.69. The summed E-state index contributed by atoms with van der Waals surface area (Å²) in [6.07, 6.45) is 5.14. The maximum Gasteiger partial charge on any atom is 0.254 e. The molecule has 0 atom stereocenters. The summed E-state index contributed by atoms with van der Waals surface area (Å²) in [5.41, 5.74) is 0. The molecule has 0 aliphatic carbocycles. The van der Waals surface area contributed by atoms with Crippen LogP contribution >= 0.6 is 0 Å². The second kappa shape index (κ2) is 2.19. The van der Waals surface area contributed by atoms with E-state index in [1.165, 1.54) is 0 Å². The molecule has 0 aliphatic rings. The van der Waals surface area contributed by atoms with E-state index in [-0.39, 0.29) is 0 Å². The van der Waals surface area contributed by atoms with Gasteiger partial charge in [0.2, 0.25) is 0 Å². The van der Waals surface area contributed by atoms with E-state index >= 15 is 0 Å². The molecule has 2 heterocycles. The van der Waals surface area contributed by atoms with Gasteiger partial charge in [0, 0.05) is 12.4 Å². The minimum Gasteiger partial charge on any atom is -0.273 e. The van der Waals surface area contributed by atoms with Crippen molar-refractivity contribution in [3.05, 3.63) is 24.5 Å². The number of nitrogens with zero attached hydrogens (tertiary/aromatic N) is 4. The largest absolute Gasteiger partial charge is 0.273 e. The number of hydrogen-bond donors (Lipinski definition) is 1. The van der Waals surface area contributed by atoms with E-state index in [4.69, 9.17) is 0 Å². The molecule has 11 heavy (non-hydrogen) atoms. The Morgan fingerprint density at radius 2 is 2.45 bits per heavy atom. The molecule has 5 heteroatoms. The Kier molecular flexibility index (Phi) is 1.21. The van der Waals surface area contributed by atoms with E-state index in [2.05, 4.69) is 20.2 Å². The predicted molar refractivity (Wildman–Crippen MR) is 38.2 cm³/mol.